The third-order valence-corrected chi connectivity index (χ3v) is 1.36. The standard InChI is InChI=1S/C10H16O4/c1-5-9(13-6-8(4)11)14-10(12)7(2)3/h9,11H,2,4-6H2,1,3H3. The number of rotatable bonds is 6. The zero-order valence-electron chi connectivity index (χ0n) is 8.58. The summed E-state index contributed by atoms with van der Waals surface area (Å²) in [5.41, 5.74) is 0.315. The van der Waals surface area contributed by atoms with E-state index in [-0.39, 0.29) is 12.4 Å². The van der Waals surface area contributed by atoms with Crippen molar-refractivity contribution in [1.82, 2.24) is 0 Å². The van der Waals surface area contributed by atoms with Crippen LogP contribution < -0.4 is 0 Å². The van der Waals surface area contributed by atoms with Crippen molar-refractivity contribution in [3.63, 3.8) is 0 Å². The first-order valence-electron chi connectivity index (χ1n) is 4.32. The molecule has 0 aromatic carbocycles. The molecule has 0 saturated heterocycles. The molecule has 0 saturated carbocycles. The lowest BCUT2D eigenvalue weighted by molar-refractivity contribution is -0.174. The molecule has 0 rings (SSSR count). The van der Waals surface area contributed by atoms with Gasteiger partial charge in [-0.1, -0.05) is 20.1 Å². The third kappa shape index (κ3) is 5.37. The highest BCUT2D eigenvalue weighted by Crippen LogP contribution is 2.05. The molecule has 0 heterocycles. The average molecular weight is 200 g/mol. The molecular formula is C10H16O4. The van der Waals surface area contributed by atoms with Crippen molar-refractivity contribution in [2.24, 2.45) is 0 Å². The van der Waals surface area contributed by atoms with E-state index in [0.29, 0.717) is 12.0 Å². The van der Waals surface area contributed by atoms with E-state index < -0.39 is 12.3 Å². The molecule has 0 aliphatic heterocycles. The molecule has 1 N–H and O–H groups in total. The molecule has 1 atom stereocenters. The Morgan fingerprint density at radius 1 is 1.50 bits per heavy atom. The highest BCUT2D eigenvalue weighted by Gasteiger charge is 2.13. The van der Waals surface area contributed by atoms with E-state index in [2.05, 4.69) is 13.2 Å². The topological polar surface area (TPSA) is 55.8 Å². The van der Waals surface area contributed by atoms with Crippen molar-refractivity contribution < 1.29 is 19.4 Å². The summed E-state index contributed by atoms with van der Waals surface area (Å²) in [7, 11) is 0. The van der Waals surface area contributed by atoms with Crippen LogP contribution in [0.5, 0.6) is 0 Å². The Morgan fingerprint density at radius 3 is 2.43 bits per heavy atom. The Bertz CT molecular complexity index is 232. The lowest BCUT2D eigenvalue weighted by atomic mass is 10.3. The Morgan fingerprint density at radius 2 is 2.07 bits per heavy atom. The minimum absolute atomic E-state index is 0.0397. The number of aliphatic hydroxyl groups is 1. The SMILES string of the molecule is C=C(O)COC(CC)OC(=O)C(=C)C. The first kappa shape index (κ1) is 12.7. The van der Waals surface area contributed by atoms with Crippen molar-refractivity contribution in [2.45, 2.75) is 26.6 Å². The molecule has 14 heavy (non-hydrogen) atoms. The van der Waals surface area contributed by atoms with Gasteiger partial charge >= 0.3 is 5.97 Å². The van der Waals surface area contributed by atoms with E-state index >= 15 is 0 Å². The maximum Gasteiger partial charge on any atom is 0.335 e. The summed E-state index contributed by atoms with van der Waals surface area (Å²) in [6.07, 6.45) is -0.158. The Balaban J connectivity index is 3.96. The quantitative estimate of drug-likeness (QED) is 0.308. The van der Waals surface area contributed by atoms with Gasteiger partial charge < -0.3 is 14.6 Å². The number of aliphatic hydroxyl groups excluding tert-OH is 1. The number of hydrogen-bond acceptors (Lipinski definition) is 4. The summed E-state index contributed by atoms with van der Waals surface area (Å²) in [6.45, 7) is 10.0. The van der Waals surface area contributed by atoms with E-state index in [1.54, 1.807) is 13.8 Å². The van der Waals surface area contributed by atoms with Crippen LogP contribution in [0.4, 0.5) is 0 Å². The first-order chi connectivity index (χ1) is 6.47. The molecule has 0 aromatic heterocycles. The maximum absolute atomic E-state index is 11.1. The summed E-state index contributed by atoms with van der Waals surface area (Å²) in [4.78, 5) is 11.1. The van der Waals surface area contributed by atoms with Crippen LogP contribution in [0.1, 0.15) is 20.3 Å². The van der Waals surface area contributed by atoms with E-state index in [0.717, 1.165) is 0 Å². The van der Waals surface area contributed by atoms with Gasteiger partial charge in [0.1, 0.15) is 12.4 Å². The average Bonchev–Trinajstić information content (AvgIpc) is 2.11. The van der Waals surface area contributed by atoms with Crippen LogP contribution in [-0.2, 0) is 14.3 Å². The molecule has 80 valence electrons. The van der Waals surface area contributed by atoms with E-state index in [1.807, 2.05) is 0 Å². The molecular weight excluding hydrogens is 184 g/mol. The van der Waals surface area contributed by atoms with E-state index in [1.165, 1.54) is 0 Å². The summed E-state index contributed by atoms with van der Waals surface area (Å²) in [5, 5.41) is 8.76. The van der Waals surface area contributed by atoms with Crippen LogP contribution in [0, 0.1) is 0 Å². The van der Waals surface area contributed by atoms with E-state index in [4.69, 9.17) is 14.6 Å². The monoisotopic (exact) mass is 200 g/mol. The minimum atomic E-state index is -0.664. The van der Waals surface area contributed by atoms with E-state index in [9.17, 15) is 4.79 Å². The van der Waals surface area contributed by atoms with Crippen LogP contribution >= 0.6 is 0 Å². The third-order valence-electron chi connectivity index (χ3n) is 1.36. The van der Waals surface area contributed by atoms with Gasteiger partial charge in [-0.2, -0.15) is 0 Å². The summed E-state index contributed by atoms with van der Waals surface area (Å²) in [5.74, 6) is -0.602. The highest BCUT2D eigenvalue weighted by molar-refractivity contribution is 5.86. The summed E-state index contributed by atoms with van der Waals surface area (Å²) in [6, 6.07) is 0. The molecule has 0 radical (unpaired) electrons. The van der Waals surface area contributed by atoms with Crippen molar-refractivity contribution in [3.05, 3.63) is 24.5 Å². The van der Waals surface area contributed by atoms with Gasteiger partial charge in [0.25, 0.3) is 0 Å². The molecule has 0 aliphatic carbocycles. The van der Waals surface area contributed by atoms with Gasteiger partial charge in [0.2, 0.25) is 6.29 Å². The first-order valence-corrected chi connectivity index (χ1v) is 4.32. The van der Waals surface area contributed by atoms with Crippen LogP contribution in [0.15, 0.2) is 24.5 Å². The fraction of sp³-hybridized carbons (Fsp3) is 0.500. The molecule has 0 spiro atoms. The fourth-order valence-corrected chi connectivity index (χ4v) is 0.644. The fourth-order valence-electron chi connectivity index (χ4n) is 0.644. The summed E-state index contributed by atoms with van der Waals surface area (Å²) < 4.78 is 9.94. The molecule has 0 aromatic rings. The highest BCUT2D eigenvalue weighted by atomic mass is 16.7. The Kier molecular flexibility index (Phi) is 5.64. The normalized spacial score (nSPS) is 11.9. The number of carbonyl (C=O) groups excluding carboxylic acids is 1. The number of carbonyl (C=O) groups is 1. The van der Waals surface area contributed by atoms with Gasteiger partial charge in [-0.15, -0.1) is 0 Å². The van der Waals surface area contributed by atoms with Crippen molar-refractivity contribution in [3.8, 4) is 0 Å². The Labute approximate surface area is 83.8 Å². The zero-order valence-corrected chi connectivity index (χ0v) is 8.58. The van der Waals surface area contributed by atoms with Crippen LogP contribution in [0.2, 0.25) is 0 Å². The van der Waals surface area contributed by atoms with Gasteiger partial charge in [0.15, 0.2) is 0 Å². The Hall–Kier alpha value is -1.29. The number of esters is 1. The van der Waals surface area contributed by atoms with Crippen LogP contribution in [-0.4, -0.2) is 24.0 Å². The molecule has 0 amide bonds. The van der Waals surface area contributed by atoms with Gasteiger partial charge in [-0.3, -0.25) is 0 Å². The van der Waals surface area contributed by atoms with Crippen molar-refractivity contribution in [1.29, 1.82) is 0 Å². The number of ether oxygens (including phenoxy) is 2. The lowest BCUT2D eigenvalue weighted by Gasteiger charge is -2.16. The van der Waals surface area contributed by atoms with Gasteiger partial charge in [0, 0.05) is 12.0 Å². The lowest BCUT2D eigenvalue weighted by Crippen LogP contribution is -2.21. The zero-order chi connectivity index (χ0) is 11.1. The predicted octanol–water partition coefficient (Wildman–Crippen LogP) is 1.93. The molecule has 1 unspecified atom stereocenters. The second-order valence-corrected chi connectivity index (χ2v) is 2.90. The molecule has 4 heteroatoms. The molecule has 4 nitrogen and oxygen atoms in total. The van der Waals surface area contributed by atoms with Crippen LogP contribution in [0.3, 0.4) is 0 Å². The number of hydrogen-bond donors (Lipinski definition) is 1. The second kappa shape index (κ2) is 6.21. The maximum atomic E-state index is 11.1. The molecule has 0 fully saturated rings. The van der Waals surface area contributed by atoms with Gasteiger partial charge in [-0.05, 0) is 6.92 Å². The van der Waals surface area contributed by atoms with Crippen molar-refractivity contribution in [2.75, 3.05) is 6.61 Å². The van der Waals surface area contributed by atoms with Crippen molar-refractivity contribution >= 4 is 5.97 Å². The summed E-state index contributed by atoms with van der Waals surface area (Å²) >= 11 is 0. The molecule has 0 aliphatic rings. The van der Waals surface area contributed by atoms with Gasteiger partial charge in [-0.25, -0.2) is 4.79 Å². The minimum Gasteiger partial charge on any atom is -0.510 e. The predicted molar refractivity (Wildman–Crippen MR) is 52.7 cm³/mol. The van der Waals surface area contributed by atoms with Crippen LogP contribution in [0.25, 0.3) is 0 Å². The molecule has 0 bridgehead atoms. The largest absolute Gasteiger partial charge is 0.510 e. The smallest absolute Gasteiger partial charge is 0.335 e. The second-order valence-electron chi connectivity index (χ2n) is 2.90. The van der Waals surface area contributed by atoms with Gasteiger partial charge in [0.05, 0.1) is 0 Å².